The third-order valence-electron chi connectivity index (χ3n) is 2.11. The van der Waals surface area contributed by atoms with Gasteiger partial charge in [0.15, 0.2) is 0 Å². The lowest BCUT2D eigenvalue weighted by Crippen LogP contribution is -2.12. The molecule has 2 N–H and O–H groups in total. The van der Waals surface area contributed by atoms with E-state index in [0.717, 1.165) is 0 Å². The topological polar surface area (TPSA) is 83.8 Å². The SMILES string of the molecule is Cc1c(C(=O)O)cccc1C(=O)OCCO. The van der Waals surface area contributed by atoms with Crippen LogP contribution in [-0.2, 0) is 4.74 Å². The molecule has 0 aliphatic carbocycles. The Kier molecular flexibility index (Phi) is 4.02. The lowest BCUT2D eigenvalue weighted by atomic mass is 10.0. The standard InChI is InChI=1S/C11H12O5/c1-7-8(10(13)14)3-2-4-9(7)11(15)16-6-5-12/h2-4,12H,5-6H2,1H3,(H,13,14). The van der Waals surface area contributed by atoms with Gasteiger partial charge in [0.2, 0.25) is 0 Å². The fourth-order valence-electron chi connectivity index (χ4n) is 1.30. The first-order valence-electron chi connectivity index (χ1n) is 4.68. The van der Waals surface area contributed by atoms with E-state index < -0.39 is 11.9 Å². The summed E-state index contributed by atoms with van der Waals surface area (Å²) in [5.74, 6) is -1.72. The van der Waals surface area contributed by atoms with E-state index in [4.69, 9.17) is 14.9 Å². The van der Waals surface area contributed by atoms with Crippen molar-refractivity contribution < 1.29 is 24.5 Å². The molecule has 0 saturated carbocycles. The van der Waals surface area contributed by atoms with E-state index >= 15 is 0 Å². The number of carboxylic acids is 1. The van der Waals surface area contributed by atoms with E-state index in [1.54, 1.807) is 6.92 Å². The molecule has 0 atom stereocenters. The number of ether oxygens (including phenoxy) is 1. The first-order chi connectivity index (χ1) is 7.57. The third-order valence-corrected chi connectivity index (χ3v) is 2.11. The number of aliphatic hydroxyl groups is 1. The molecule has 0 unspecified atom stereocenters. The number of esters is 1. The molecular weight excluding hydrogens is 212 g/mol. The Morgan fingerprint density at radius 2 is 1.94 bits per heavy atom. The smallest absolute Gasteiger partial charge is 0.338 e. The average Bonchev–Trinajstić information content (AvgIpc) is 2.25. The molecule has 1 rings (SSSR count). The molecule has 0 radical (unpaired) electrons. The average molecular weight is 224 g/mol. The zero-order chi connectivity index (χ0) is 12.1. The number of rotatable bonds is 4. The largest absolute Gasteiger partial charge is 0.478 e. The van der Waals surface area contributed by atoms with Gasteiger partial charge in [0.25, 0.3) is 0 Å². The zero-order valence-electron chi connectivity index (χ0n) is 8.77. The second-order valence-corrected chi connectivity index (χ2v) is 3.14. The van der Waals surface area contributed by atoms with Crippen molar-refractivity contribution in [3.8, 4) is 0 Å². The maximum absolute atomic E-state index is 11.5. The summed E-state index contributed by atoms with van der Waals surface area (Å²) in [5.41, 5.74) is 0.629. The Morgan fingerprint density at radius 3 is 2.50 bits per heavy atom. The molecule has 0 spiro atoms. The van der Waals surface area contributed by atoms with Crippen LogP contribution in [0.25, 0.3) is 0 Å². The Labute approximate surface area is 92.3 Å². The Balaban J connectivity index is 3.01. The van der Waals surface area contributed by atoms with Crippen molar-refractivity contribution in [3.05, 3.63) is 34.9 Å². The van der Waals surface area contributed by atoms with Gasteiger partial charge in [-0.15, -0.1) is 0 Å². The van der Waals surface area contributed by atoms with Gasteiger partial charge >= 0.3 is 11.9 Å². The monoisotopic (exact) mass is 224 g/mol. The lowest BCUT2D eigenvalue weighted by molar-refractivity contribution is 0.0433. The number of benzene rings is 1. The number of carbonyl (C=O) groups excluding carboxylic acids is 1. The highest BCUT2D eigenvalue weighted by molar-refractivity contribution is 5.97. The predicted octanol–water partition coefficient (Wildman–Crippen LogP) is 0.842. The molecule has 5 nitrogen and oxygen atoms in total. The Morgan fingerprint density at radius 1 is 1.31 bits per heavy atom. The maximum atomic E-state index is 11.5. The second kappa shape index (κ2) is 5.27. The highest BCUT2D eigenvalue weighted by atomic mass is 16.5. The summed E-state index contributed by atoms with van der Waals surface area (Å²) in [6, 6.07) is 4.38. The number of aromatic carboxylic acids is 1. The molecule has 0 amide bonds. The van der Waals surface area contributed by atoms with E-state index in [1.165, 1.54) is 18.2 Å². The van der Waals surface area contributed by atoms with Crippen LogP contribution < -0.4 is 0 Å². The number of aliphatic hydroxyl groups excluding tert-OH is 1. The van der Waals surface area contributed by atoms with E-state index in [2.05, 4.69) is 0 Å². The number of hydrogen-bond acceptors (Lipinski definition) is 4. The van der Waals surface area contributed by atoms with Crippen molar-refractivity contribution in [2.45, 2.75) is 6.92 Å². The Hall–Kier alpha value is -1.88. The molecule has 5 heteroatoms. The van der Waals surface area contributed by atoms with Crippen LogP contribution in [0.2, 0.25) is 0 Å². The highest BCUT2D eigenvalue weighted by Gasteiger charge is 2.15. The van der Waals surface area contributed by atoms with Gasteiger partial charge in [-0.05, 0) is 24.6 Å². The molecule has 0 bridgehead atoms. The fraction of sp³-hybridized carbons (Fsp3) is 0.273. The summed E-state index contributed by atoms with van der Waals surface area (Å²) in [6.07, 6.45) is 0. The van der Waals surface area contributed by atoms with Crippen LogP contribution in [0.3, 0.4) is 0 Å². The predicted molar refractivity (Wildman–Crippen MR) is 55.5 cm³/mol. The summed E-state index contributed by atoms with van der Waals surface area (Å²) >= 11 is 0. The van der Waals surface area contributed by atoms with Gasteiger partial charge in [-0.3, -0.25) is 0 Å². The molecule has 1 aromatic carbocycles. The van der Waals surface area contributed by atoms with Gasteiger partial charge in [-0.25, -0.2) is 9.59 Å². The molecule has 86 valence electrons. The molecule has 0 saturated heterocycles. The van der Waals surface area contributed by atoms with Crippen molar-refractivity contribution >= 4 is 11.9 Å². The molecule has 0 fully saturated rings. The van der Waals surface area contributed by atoms with Crippen LogP contribution >= 0.6 is 0 Å². The summed E-state index contributed by atoms with van der Waals surface area (Å²) in [7, 11) is 0. The van der Waals surface area contributed by atoms with E-state index in [1.807, 2.05) is 0 Å². The van der Waals surface area contributed by atoms with Crippen LogP contribution in [0.1, 0.15) is 26.3 Å². The van der Waals surface area contributed by atoms with Crippen molar-refractivity contribution in [2.75, 3.05) is 13.2 Å². The number of carbonyl (C=O) groups is 2. The highest BCUT2D eigenvalue weighted by Crippen LogP contribution is 2.14. The Bertz CT molecular complexity index is 411. The maximum Gasteiger partial charge on any atom is 0.338 e. The molecule has 0 aliphatic heterocycles. The normalized spacial score (nSPS) is 9.88. The summed E-state index contributed by atoms with van der Waals surface area (Å²) in [4.78, 5) is 22.3. The lowest BCUT2D eigenvalue weighted by Gasteiger charge is -2.07. The van der Waals surface area contributed by atoms with Crippen LogP contribution in [0, 0.1) is 6.92 Å². The molecule has 16 heavy (non-hydrogen) atoms. The molecule has 0 aliphatic rings. The molecule has 1 aromatic rings. The summed E-state index contributed by atoms with van der Waals surface area (Å²) in [5, 5.41) is 17.4. The minimum absolute atomic E-state index is 0.0680. The van der Waals surface area contributed by atoms with Crippen molar-refractivity contribution in [1.82, 2.24) is 0 Å². The van der Waals surface area contributed by atoms with Crippen molar-refractivity contribution in [3.63, 3.8) is 0 Å². The van der Waals surface area contributed by atoms with Gasteiger partial charge in [0, 0.05) is 0 Å². The first kappa shape index (κ1) is 12.2. The van der Waals surface area contributed by atoms with Crippen LogP contribution in [0.5, 0.6) is 0 Å². The van der Waals surface area contributed by atoms with Crippen LogP contribution in [0.15, 0.2) is 18.2 Å². The molecule has 0 aromatic heterocycles. The van der Waals surface area contributed by atoms with Gasteiger partial charge in [-0.2, -0.15) is 0 Å². The molecule has 0 heterocycles. The summed E-state index contributed by atoms with van der Waals surface area (Å²) in [6.45, 7) is 1.18. The number of hydrogen-bond donors (Lipinski definition) is 2. The van der Waals surface area contributed by atoms with Gasteiger partial charge < -0.3 is 14.9 Å². The van der Waals surface area contributed by atoms with Crippen molar-refractivity contribution in [2.24, 2.45) is 0 Å². The van der Waals surface area contributed by atoms with Gasteiger partial charge in [0.1, 0.15) is 6.61 Å². The van der Waals surface area contributed by atoms with Gasteiger partial charge in [0.05, 0.1) is 17.7 Å². The van der Waals surface area contributed by atoms with E-state index in [9.17, 15) is 9.59 Å². The van der Waals surface area contributed by atoms with Crippen LogP contribution in [0.4, 0.5) is 0 Å². The minimum atomic E-state index is -1.09. The first-order valence-corrected chi connectivity index (χ1v) is 4.68. The zero-order valence-corrected chi connectivity index (χ0v) is 8.77. The van der Waals surface area contributed by atoms with Crippen molar-refractivity contribution in [1.29, 1.82) is 0 Å². The van der Waals surface area contributed by atoms with Gasteiger partial charge in [-0.1, -0.05) is 6.07 Å². The summed E-state index contributed by atoms with van der Waals surface area (Å²) < 4.78 is 4.71. The molecular formula is C11H12O5. The fourth-order valence-corrected chi connectivity index (χ4v) is 1.30. The van der Waals surface area contributed by atoms with Crippen LogP contribution in [-0.4, -0.2) is 35.4 Å². The quantitative estimate of drug-likeness (QED) is 0.740. The third kappa shape index (κ3) is 2.58. The minimum Gasteiger partial charge on any atom is -0.478 e. The van der Waals surface area contributed by atoms with E-state index in [0.29, 0.717) is 5.56 Å². The second-order valence-electron chi connectivity index (χ2n) is 3.14. The van der Waals surface area contributed by atoms with E-state index in [-0.39, 0.29) is 24.3 Å². The number of carboxylic acid groups (broad SMARTS) is 1.